The van der Waals surface area contributed by atoms with Crippen molar-refractivity contribution in [3.63, 3.8) is 0 Å². The second kappa shape index (κ2) is 15.4. The summed E-state index contributed by atoms with van der Waals surface area (Å²) in [6.45, 7) is 0.131. The number of hydrogen-bond acceptors (Lipinski definition) is 11. The van der Waals surface area contributed by atoms with Crippen LogP contribution in [0.2, 0.25) is 0 Å². The Bertz CT molecular complexity index is 2160. The van der Waals surface area contributed by atoms with Crippen LogP contribution < -0.4 is 25.7 Å². The van der Waals surface area contributed by atoms with Gasteiger partial charge in [-0.25, -0.2) is 4.98 Å². The normalized spacial score (nSPS) is 17.0. The summed E-state index contributed by atoms with van der Waals surface area (Å²) in [5.41, 5.74) is 2.30. The number of carbonyl (C=O) groups excluding carboxylic acids is 4. The molecule has 14 nitrogen and oxygen atoms in total. The van der Waals surface area contributed by atoms with E-state index in [1.807, 2.05) is 91.0 Å². The molecule has 2 aromatic heterocycles. The highest BCUT2D eigenvalue weighted by molar-refractivity contribution is 8.00. The molecule has 0 saturated carbocycles. The molecule has 0 aliphatic carbocycles. The molecule has 2 atom stereocenters. The molecular formula is C38H34N8O6S2. The highest BCUT2D eigenvalue weighted by Gasteiger charge is 2.53. The maximum atomic E-state index is 13.8. The number of anilines is 2. The zero-order valence-electron chi connectivity index (χ0n) is 29.0. The molecule has 0 unspecified atom stereocenters. The first-order chi connectivity index (χ1) is 26.3. The third-order valence-electron chi connectivity index (χ3n) is 9.28. The fourth-order valence-corrected chi connectivity index (χ4v) is 8.82. The summed E-state index contributed by atoms with van der Waals surface area (Å²) in [7, 11) is 3.01. The third-order valence-corrected chi connectivity index (χ3v) is 11.4. The number of carbonyl (C=O) groups is 4. The predicted octanol–water partition coefficient (Wildman–Crippen LogP) is 2.20. The van der Waals surface area contributed by atoms with Crippen molar-refractivity contribution >= 4 is 64.0 Å². The second-order valence-electron chi connectivity index (χ2n) is 12.3. The Kier molecular flexibility index (Phi) is 10.3. The molecule has 7 rings (SSSR count). The van der Waals surface area contributed by atoms with Gasteiger partial charge < -0.3 is 30.7 Å². The number of amides is 3. The van der Waals surface area contributed by atoms with Gasteiger partial charge in [0.25, 0.3) is 11.8 Å². The average molecular weight is 763 g/mol. The van der Waals surface area contributed by atoms with Crippen molar-refractivity contribution in [2.45, 2.75) is 23.5 Å². The monoisotopic (exact) mass is 762 g/mol. The number of hydrogen-bond donors (Lipinski definition) is 3. The van der Waals surface area contributed by atoms with Crippen LogP contribution in [0.4, 0.5) is 10.9 Å². The van der Waals surface area contributed by atoms with Crippen LogP contribution in [0, 0.1) is 0 Å². The fourth-order valence-electron chi connectivity index (χ4n) is 6.74. The van der Waals surface area contributed by atoms with Gasteiger partial charge in [0.15, 0.2) is 29.4 Å². The number of fused-ring (bicyclic) bond motifs is 1. The molecule has 16 heteroatoms. The lowest BCUT2D eigenvalue weighted by molar-refractivity contribution is -0.765. The van der Waals surface area contributed by atoms with Gasteiger partial charge in [-0.05, 0) is 16.7 Å². The van der Waals surface area contributed by atoms with Crippen LogP contribution in [-0.4, -0.2) is 68.7 Å². The number of aliphatic carboxylic acids is 1. The van der Waals surface area contributed by atoms with Gasteiger partial charge in [0.1, 0.15) is 29.8 Å². The van der Waals surface area contributed by atoms with Gasteiger partial charge >= 0.3 is 0 Å². The summed E-state index contributed by atoms with van der Waals surface area (Å²) < 4.78 is 3.34. The van der Waals surface area contributed by atoms with E-state index in [-0.39, 0.29) is 29.4 Å². The SMILES string of the molecule is CON=C(C(=O)N[C@@H]1C(=O)N2C(C(=O)[O-])=C(C[n+]3ccc(NC=O)n3C)CS[C@H]12)c1csc(NC(c2ccccc2)(c2ccccc2)c2ccccc2)n1. The molecule has 1 saturated heterocycles. The Hall–Kier alpha value is -6.26. The Morgan fingerprint density at radius 1 is 1.02 bits per heavy atom. The number of nitrogens with one attached hydrogen (secondary N) is 3. The van der Waals surface area contributed by atoms with Crippen LogP contribution >= 0.6 is 23.1 Å². The van der Waals surface area contributed by atoms with Crippen LogP contribution in [0.15, 0.2) is 125 Å². The quantitative estimate of drug-likeness (QED) is 0.0383. The molecule has 54 heavy (non-hydrogen) atoms. The number of carboxylic acids is 1. The van der Waals surface area contributed by atoms with Crippen LogP contribution in [0.1, 0.15) is 22.4 Å². The van der Waals surface area contributed by atoms with E-state index in [2.05, 4.69) is 21.1 Å². The summed E-state index contributed by atoms with van der Waals surface area (Å²) in [4.78, 5) is 61.6. The van der Waals surface area contributed by atoms with Crippen molar-refractivity contribution in [3.05, 3.63) is 142 Å². The minimum absolute atomic E-state index is 0.131. The van der Waals surface area contributed by atoms with Crippen molar-refractivity contribution in [2.75, 3.05) is 23.5 Å². The van der Waals surface area contributed by atoms with E-state index in [0.717, 1.165) is 21.6 Å². The van der Waals surface area contributed by atoms with Gasteiger partial charge in [0, 0.05) is 16.7 Å². The summed E-state index contributed by atoms with van der Waals surface area (Å²) >= 11 is 2.59. The number of oxime groups is 1. The van der Waals surface area contributed by atoms with E-state index in [9.17, 15) is 24.3 Å². The van der Waals surface area contributed by atoms with Gasteiger partial charge in [0.05, 0.1) is 24.8 Å². The Labute approximate surface area is 318 Å². The van der Waals surface area contributed by atoms with Crippen LogP contribution in [0.25, 0.3) is 0 Å². The lowest BCUT2D eigenvalue weighted by Crippen LogP contribution is -2.71. The maximum Gasteiger partial charge on any atom is 0.276 e. The Balaban J connectivity index is 1.13. The van der Waals surface area contributed by atoms with Crippen LogP contribution in [0.5, 0.6) is 0 Å². The molecule has 5 aromatic rings. The zero-order chi connectivity index (χ0) is 37.8. The van der Waals surface area contributed by atoms with E-state index in [0.29, 0.717) is 22.9 Å². The highest BCUT2D eigenvalue weighted by Crippen LogP contribution is 2.42. The average Bonchev–Trinajstić information content (AvgIpc) is 3.81. The molecule has 0 bridgehead atoms. The van der Waals surface area contributed by atoms with E-state index in [1.54, 1.807) is 34.1 Å². The van der Waals surface area contributed by atoms with E-state index in [1.165, 1.54) is 30.2 Å². The predicted molar refractivity (Wildman–Crippen MR) is 201 cm³/mol. The molecule has 3 N–H and O–H groups in total. The summed E-state index contributed by atoms with van der Waals surface area (Å²) in [6, 6.07) is 30.6. The van der Waals surface area contributed by atoms with E-state index in [4.69, 9.17) is 9.82 Å². The number of thiazole rings is 1. The van der Waals surface area contributed by atoms with Gasteiger partial charge in [-0.15, -0.1) is 32.5 Å². The second-order valence-corrected chi connectivity index (χ2v) is 14.3. The number of thioether (sulfide) groups is 1. The van der Waals surface area contributed by atoms with E-state index < -0.39 is 34.7 Å². The molecule has 3 aromatic carbocycles. The largest absolute Gasteiger partial charge is 0.543 e. The van der Waals surface area contributed by atoms with Crippen molar-refractivity contribution in [2.24, 2.45) is 12.2 Å². The Morgan fingerprint density at radius 2 is 1.63 bits per heavy atom. The van der Waals surface area contributed by atoms with Crippen molar-refractivity contribution in [1.29, 1.82) is 0 Å². The molecule has 2 aliphatic rings. The summed E-state index contributed by atoms with van der Waals surface area (Å²) in [6.07, 6.45) is 2.23. The highest BCUT2D eigenvalue weighted by atomic mass is 32.2. The summed E-state index contributed by atoms with van der Waals surface area (Å²) in [5.74, 6) is -2.06. The zero-order valence-corrected chi connectivity index (χ0v) is 30.7. The number of aromatic nitrogens is 3. The first-order valence-corrected chi connectivity index (χ1v) is 18.7. The molecule has 2 aliphatic heterocycles. The number of rotatable bonds is 14. The smallest absolute Gasteiger partial charge is 0.276 e. The summed E-state index contributed by atoms with van der Waals surface area (Å²) in [5, 5.41) is 26.8. The molecule has 3 amide bonds. The molecule has 0 spiro atoms. The molecule has 274 valence electrons. The number of benzene rings is 3. The van der Waals surface area contributed by atoms with Crippen molar-refractivity contribution < 1.29 is 33.8 Å². The van der Waals surface area contributed by atoms with E-state index >= 15 is 0 Å². The minimum atomic E-state index is -1.50. The Morgan fingerprint density at radius 3 is 2.19 bits per heavy atom. The van der Waals surface area contributed by atoms with Gasteiger partial charge in [0.2, 0.25) is 6.41 Å². The number of β-lactam (4-membered cyclic amide) rings is 1. The van der Waals surface area contributed by atoms with Crippen LogP contribution in [0.3, 0.4) is 0 Å². The molecular weight excluding hydrogens is 729 g/mol. The van der Waals surface area contributed by atoms with Gasteiger partial charge in [-0.1, -0.05) is 96.2 Å². The lowest BCUT2D eigenvalue weighted by atomic mass is 9.77. The topological polar surface area (TPSA) is 174 Å². The standard InChI is InChI=1S/C38H34N8O6S2/c1-44-29(39-23-47)18-19-45(44)20-24-21-53-35-31(34(49)46(35)32(24)36(50)51)41-33(48)30(43-52-2)28-22-54-37(40-28)42-38(25-12-6-3-7-13-25,26-14-8-4-9-15-26)27-16-10-5-11-17-27/h3-19,22-23,31,35H,20-21H2,1-2H3,(H3,40,41,42,48,50,51)/t31-,35-/m1/s1. The van der Waals surface area contributed by atoms with Gasteiger partial charge in [-0.2, -0.15) is 0 Å². The van der Waals surface area contributed by atoms with Gasteiger partial charge in [-0.3, -0.25) is 19.3 Å². The van der Waals surface area contributed by atoms with Crippen molar-refractivity contribution in [3.8, 4) is 0 Å². The molecule has 1 fully saturated rings. The number of carboxylic acid groups (broad SMARTS) is 1. The maximum absolute atomic E-state index is 13.8. The first kappa shape index (κ1) is 36.1. The number of nitrogens with zero attached hydrogens (tertiary/aromatic N) is 5. The first-order valence-electron chi connectivity index (χ1n) is 16.7. The third kappa shape index (κ3) is 6.60. The fraction of sp³-hybridized carbons (Fsp3) is 0.184. The molecule has 0 radical (unpaired) electrons. The minimum Gasteiger partial charge on any atom is -0.543 e. The lowest BCUT2D eigenvalue weighted by Gasteiger charge is -2.50. The molecule has 4 heterocycles. The van der Waals surface area contributed by atoms with Crippen LogP contribution in [-0.2, 0) is 43.1 Å². The van der Waals surface area contributed by atoms with Crippen molar-refractivity contribution in [1.82, 2.24) is 19.9 Å².